The van der Waals surface area contributed by atoms with Crippen molar-refractivity contribution in [1.29, 1.82) is 0 Å². The Labute approximate surface area is 180 Å². The molecule has 0 unspecified atom stereocenters. The molecule has 0 saturated carbocycles. The van der Waals surface area contributed by atoms with Gasteiger partial charge in [0.05, 0.1) is 18.0 Å². The van der Waals surface area contributed by atoms with Gasteiger partial charge in [-0.25, -0.2) is 9.97 Å². The minimum atomic E-state index is 0.767. The lowest BCUT2D eigenvalue weighted by Crippen LogP contribution is -1.95. The number of ether oxygens (including phenoxy) is 1. The molecule has 0 spiro atoms. The monoisotopic (exact) mass is 420 g/mol. The number of nitrogens with zero attached hydrogens (tertiary/aromatic N) is 2. The fraction of sp³-hybridized carbons (Fsp3) is 0.250. The van der Waals surface area contributed by atoms with E-state index in [4.69, 9.17) is 14.7 Å². The Morgan fingerprint density at radius 1 is 0.793 bits per heavy atom. The predicted molar refractivity (Wildman–Crippen MR) is 124 cm³/mol. The Hall–Kier alpha value is -2.50. The van der Waals surface area contributed by atoms with Crippen LogP contribution in [0, 0.1) is 13.8 Å². The van der Waals surface area contributed by atoms with E-state index in [2.05, 4.69) is 61.9 Å². The molecule has 148 valence electrons. The van der Waals surface area contributed by atoms with E-state index in [0.717, 1.165) is 57.7 Å². The Balaban J connectivity index is 1.50. The lowest BCUT2D eigenvalue weighted by Gasteiger charge is -2.05. The first kappa shape index (κ1) is 19.8. The van der Waals surface area contributed by atoms with Gasteiger partial charge in [0.1, 0.15) is 5.75 Å². The van der Waals surface area contributed by atoms with Crippen LogP contribution in [0.4, 0.5) is 0 Å². The van der Waals surface area contributed by atoms with E-state index in [9.17, 15) is 0 Å². The number of thiazole rings is 2. The van der Waals surface area contributed by atoms with E-state index in [1.165, 1.54) is 11.1 Å². The number of aryl methyl sites for hydroxylation is 2. The zero-order chi connectivity index (χ0) is 20.2. The minimum Gasteiger partial charge on any atom is -0.494 e. The first-order valence-electron chi connectivity index (χ1n) is 9.86. The quantitative estimate of drug-likeness (QED) is 0.292. The zero-order valence-electron chi connectivity index (χ0n) is 16.9. The molecule has 2 aromatic heterocycles. The molecule has 4 rings (SSSR count). The van der Waals surface area contributed by atoms with Crippen LogP contribution < -0.4 is 4.74 Å². The highest BCUT2D eigenvalue weighted by molar-refractivity contribution is 7.20. The van der Waals surface area contributed by atoms with Crippen LogP contribution in [0.2, 0.25) is 0 Å². The van der Waals surface area contributed by atoms with Gasteiger partial charge in [0.25, 0.3) is 0 Å². The van der Waals surface area contributed by atoms with Crippen LogP contribution in [0.1, 0.15) is 30.9 Å². The smallest absolute Gasteiger partial charge is 0.152 e. The summed E-state index contributed by atoms with van der Waals surface area (Å²) in [4.78, 5) is 9.65. The molecule has 0 bridgehead atoms. The SMILES string of the molecule is CCCCOc1ccc(-c2csc(-c3nc(-c4ccc(C)c(C)c4)cs3)n2)cc1. The summed E-state index contributed by atoms with van der Waals surface area (Å²) in [7, 11) is 0. The highest BCUT2D eigenvalue weighted by Gasteiger charge is 2.12. The van der Waals surface area contributed by atoms with Gasteiger partial charge in [-0.1, -0.05) is 25.5 Å². The minimum absolute atomic E-state index is 0.767. The standard InChI is InChI=1S/C24H24N2OS2/c1-4-5-12-27-20-10-8-18(9-11-20)21-14-28-23(25-21)24-26-22(15-29-24)19-7-6-16(2)17(3)13-19/h6-11,13-15H,4-5,12H2,1-3H3. The van der Waals surface area contributed by atoms with Crippen LogP contribution in [-0.2, 0) is 0 Å². The molecule has 2 heterocycles. The van der Waals surface area contributed by atoms with Crippen LogP contribution in [0.15, 0.2) is 53.2 Å². The summed E-state index contributed by atoms with van der Waals surface area (Å²) in [6, 6.07) is 14.7. The van der Waals surface area contributed by atoms with Crippen molar-refractivity contribution in [2.24, 2.45) is 0 Å². The molecule has 0 aliphatic rings. The van der Waals surface area contributed by atoms with E-state index in [1.54, 1.807) is 22.7 Å². The van der Waals surface area contributed by atoms with Crippen LogP contribution in [0.5, 0.6) is 5.75 Å². The Morgan fingerprint density at radius 3 is 2.03 bits per heavy atom. The van der Waals surface area contributed by atoms with E-state index >= 15 is 0 Å². The topological polar surface area (TPSA) is 35.0 Å². The normalized spacial score (nSPS) is 11.0. The molecule has 3 nitrogen and oxygen atoms in total. The molecular weight excluding hydrogens is 396 g/mol. The number of aromatic nitrogens is 2. The summed E-state index contributed by atoms with van der Waals surface area (Å²) >= 11 is 3.28. The zero-order valence-corrected chi connectivity index (χ0v) is 18.6. The Kier molecular flexibility index (Phi) is 6.07. The molecule has 0 N–H and O–H groups in total. The summed E-state index contributed by atoms with van der Waals surface area (Å²) < 4.78 is 5.75. The molecule has 0 radical (unpaired) electrons. The number of rotatable bonds is 7. The van der Waals surface area contributed by atoms with E-state index < -0.39 is 0 Å². The number of unbranched alkanes of at least 4 members (excludes halogenated alkanes) is 1. The van der Waals surface area contributed by atoms with Gasteiger partial charge in [-0.15, -0.1) is 22.7 Å². The third kappa shape index (κ3) is 4.57. The average molecular weight is 421 g/mol. The molecular formula is C24H24N2OS2. The molecule has 5 heteroatoms. The molecule has 0 aliphatic heterocycles. The van der Waals surface area contributed by atoms with Gasteiger partial charge in [0.15, 0.2) is 10.0 Å². The highest BCUT2D eigenvalue weighted by Crippen LogP contribution is 2.34. The van der Waals surface area contributed by atoms with Gasteiger partial charge < -0.3 is 4.74 Å². The maximum absolute atomic E-state index is 5.75. The van der Waals surface area contributed by atoms with Crippen molar-refractivity contribution in [1.82, 2.24) is 9.97 Å². The second-order valence-electron chi connectivity index (χ2n) is 7.10. The summed E-state index contributed by atoms with van der Waals surface area (Å²) in [5, 5.41) is 6.14. The maximum Gasteiger partial charge on any atom is 0.152 e. The van der Waals surface area contributed by atoms with Crippen molar-refractivity contribution in [3.8, 4) is 38.3 Å². The molecule has 0 aliphatic carbocycles. The van der Waals surface area contributed by atoms with Crippen molar-refractivity contribution in [2.45, 2.75) is 33.6 Å². The number of benzene rings is 2. The van der Waals surface area contributed by atoms with Gasteiger partial charge in [0, 0.05) is 21.9 Å². The third-order valence-corrected chi connectivity index (χ3v) is 6.74. The molecule has 0 saturated heterocycles. The summed E-state index contributed by atoms with van der Waals surface area (Å²) in [5.74, 6) is 0.913. The lowest BCUT2D eigenvalue weighted by atomic mass is 10.1. The largest absolute Gasteiger partial charge is 0.494 e. The van der Waals surface area contributed by atoms with Gasteiger partial charge >= 0.3 is 0 Å². The van der Waals surface area contributed by atoms with Crippen LogP contribution >= 0.6 is 22.7 Å². The molecule has 0 amide bonds. The molecule has 2 aromatic carbocycles. The van der Waals surface area contributed by atoms with Crippen molar-refractivity contribution in [3.05, 3.63) is 64.4 Å². The van der Waals surface area contributed by atoms with Crippen molar-refractivity contribution >= 4 is 22.7 Å². The van der Waals surface area contributed by atoms with Crippen molar-refractivity contribution in [3.63, 3.8) is 0 Å². The van der Waals surface area contributed by atoms with Gasteiger partial charge in [-0.2, -0.15) is 0 Å². The summed E-state index contributed by atoms with van der Waals surface area (Å²) in [6.07, 6.45) is 2.22. The lowest BCUT2D eigenvalue weighted by molar-refractivity contribution is 0.309. The molecule has 4 aromatic rings. The highest BCUT2D eigenvalue weighted by atomic mass is 32.1. The maximum atomic E-state index is 5.75. The van der Waals surface area contributed by atoms with Crippen molar-refractivity contribution < 1.29 is 4.74 Å². The fourth-order valence-corrected chi connectivity index (χ4v) is 4.67. The van der Waals surface area contributed by atoms with Crippen LogP contribution in [0.3, 0.4) is 0 Å². The van der Waals surface area contributed by atoms with Crippen LogP contribution in [-0.4, -0.2) is 16.6 Å². The second kappa shape index (κ2) is 8.89. The predicted octanol–water partition coefficient (Wildman–Crippen LogP) is 7.40. The third-order valence-electron chi connectivity index (χ3n) is 4.91. The molecule has 29 heavy (non-hydrogen) atoms. The van der Waals surface area contributed by atoms with E-state index in [-0.39, 0.29) is 0 Å². The summed E-state index contributed by atoms with van der Waals surface area (Å²) in [5.41, 5.74) is 6.84. The van der Waals surface area contributed by atoms with Crippen LogP contribution in [0.25, 0.3) is 32.5 Å². The van der Waals surface area contributed by atoms with Gasteiger partial charge in [-0.3, -0.25) is 0 Å². The van der Waals surface area contributed by atoms with Gasteiger partial charge in [-0.05, 0) is 61.7 Å². The Morgan fingerprint density at radius 2 is 1.41 bits per heavy atom. The summed E-state index contributed by atoms with van der Waals surface area (Å²) in [6.45, 7) is 7.20. The molecule has 0 atom stereocenters. The first-order chi connectivity index (χ1) is 14.1. The number of hydrogen-bond acceptors (Lipinski definition) is 5. The first-order valence-corrected chi connectivity index (χ1v) is 11.6. The van der Waals surface area contributed by atoms with E-state index in [0.29, 0.717) is 0 Å². The van der Waals surface area contributed by atoms with Gasteiger partial charge in [0.2, 0.25) is 0 Å². The van der Waals surface area contributed by atoms with Crippen molar-refractivity contribution in [2.75, 3.05) is 6.61 Å². The number of hydrogen-bond donors (Lipinski definition) is 0. The van der Waals surface area contributed by atoms with E-state index in [1.807, 2.05) is 12.1 Å². The average Bonchev–Trinajstić information content (AvgIpc) is 3.40. The fourth-order valence-electron chi connectivity index (χ4n) is 2.97. The molecule has 0 fully saturated rings. The second-order valence-corrected chi connectivity index (χ2v) is 8.82. The Bertz CT molecular complexity index is 1100.